The Hall–Kier alpha value is -2.28. The Balaban J connectivity index is 2.38. The number of hydrogen-bond donors (Lipinski definition) is 0. The first-order valence-corrected chi connectivity index (χ1v) is 6.63. The van der Waals surface area contributed by atoms with Gasteiger partial charge >= 0.3 is 0 Å². The number of hydrogen-bond acceptors (Lipinski definition) is 0. The van der Waals surface area contributed by atoms with Gasteiger partial charge in [0, 0.05) is 23.3 Å². The van der Waals surface area contributed by atoms with Gasteiger partial charge in [-0.25, -0.2) is 0 Å². The molecular weight excluding hydrogens is 230 g/mol. The van der Waals surface area contributed by atoms with Crippen LogP contribution in [0.4, 0.5) is 0 Å². The minimum atomic E-state index is 1.30. The van der Waals surface area contributed by atoms with Crippen LogP contribution in [0.25, 0.3) is 32.6 Å². The summed E-state index contributed by atoms with van der Waals surface area (Å²) >= 11 is 0. The molecule has 0 unspecified atom stereocenters. The predicted octanol–water partition coefficient (Wildman–Crippen LogP) is 4.79. The van der Waals surface area contributed by atoms with Crippen molar-refractivity contribution in [3.05, 3.63) is 60.2 Å². The number of fused-ring (bicyclic) bond motifs is 4. The highest BCUT2D eigenvalue weighted by molar-refractivity contribution is 6.14. The zero-order valence-electron chi connectivity index (χ0n) is 11.1. The zero-order chi connectivity index (χ0) is 13.0. The van der Waals surface area contributed by atoms with Crippen molar-refractivity contribution in [1.29, 1.82) is 0 Å². The molecule has 0 saturated heterocycles. The summed E-state index contributed by atoms with van der Waals surface area (Å²) in [6, 6.07) is 19.6. The van der Waals surface area contributed by atoms with E-state index in [0.29, 0.717) is 0 Å². The fourth-order valence-electron chi connectivity index (χ4n) is 3.27. The lowest BCUT2D eigenvalue weighted by Crippen LogP contribution is -1.90. The third-order valence-corrected chi connectivity index (χ3v) is 4.17. The number of benzene rings is 3. The summed E-state index contributed by atoms with van der Waals surface area (Å²) < 4.78 is 2.31. The summed E-state index contributed by atoms with van der Waals surface area (Å²) in [6.45, 7) is 2.23. The van der Waals surface area contributed by atoms with E-state index in [2.05, 4.69) is 73.1 Å². The molecule has 1 nitrogen and oxygen atoms in total. The van der Waals surface area contributed by atoms with Gasteiger partial charge in [-0.1, -0.05) is 42.5 Å². The van der Waals surface area contributed by atoms with E-state index in [-0.39, 0.29) is 0 Å². The molecule has 4 rings (SSSR count). The summed E-state index contributed by atoms with van der Waals surface area (Å²) in [5, 5.41) is 5.37. The number of rotatable bonds is 0. The molecule has 0 bridgehead atoms. The number of aryl methyl sites for hydroxylation is 2. The highest BCUT2D eigenvalue weighted by Gasteiger charge is 2.11. The molecule has 0 fully saturated rings. The quantitative estimate of drug-likeness (QED) is 0.419. The fourth-order valence-corrected chi connectivity index (χ4v) is 3.27. The van der Waals surface area contributed by atoms with Crippen molar-refractivity contribution in [3.63, 3.8) is 0 Å². The zero-order valence-corrected chi connectivity index (χ0v) is 11.1. The van der Waals surface area contributed by atoms with E-state index in [1.165, 1.54) is 38.1 Å². The smallest absolute Gasteiger partial charge is 0.0524 e. The maximum Gasteiger partial charge on any atom is 0.0524 e. The van der Waals surface area contributed by atoms with Crippen molar-refractivity contribution in [3.8, 4) is 0 Å². The highest BCUT2D eigenvalue weighted by Crippen LogP contribution is 2.34. The number of nitrogens with zero attached hydrogens (tertiary/aromatic N) is 1. The fraction of sp³-hybridized carbons (Fsp3) is 0.111. The van der Waals surface area contributed by atoms with Crippen LogP contribution in [0.3, 0.4) is 0 Å². The summed E-state index contributed by atoms with van der Waals surface area (Å²) in [5.41, 5.74) is 4.02. The van der Waals surface area contributed by atoms with E-state index >= 15 is 0 Å². The Morgan fingerprint density at radius 3 is 2.32 bits per heavy atom. The van der Waals surface area contributed by atoms with Crippen molar-refractivity contribution in [2.24, 2.45) is 7.05 Å². The second-order valence-electron chi connectivity index (χ2n) is 5.20. The van der Waals surface area contributed by atoms with Gasteiger partial charge in [0.15, 0.2) is 0 Å². The van der Waals surface area contributed by atoms with Gasteiger partial charge in [0.1, 0.15) is 0 Å². The molecule has 0 saturated carbocycles. The van der Waals surface area contributed by atoms with E-state index in [1.807, 2.05) is 0 Å². The van der Waals surface area contributed by atoms with Crippen molar-refractivity contribution in [2.45, 2.75) is 6.92 Å². The molecule has 0 N–H and O–H groups in total. The monoisotopic (exact) mass is 245 g/mol. The molecule has 1 heterocycles. The minimum Gasteiger partial charge on any atom is -0.343 e. The van der Waals surface area contributed by atoms with Crippen LogP contribution >= 0.6 is 0 Å². The molecule has 0 radical (unpaired) electrons. The third kappa shape index (κ3) is 1.30. The van der Waals surface area contributed by atoms with E-state index in [4.69, 9.17) is 0 Å². The number of para-hydroxylation sites is 1. The molecule has 1 heteroatoms. The van der Waals surface area contributed by atoms with E-state index < -0.39 is 0 Å². The van der Waals surface area contributed by atoms with Gasteiger partial charge in [-0.3, -0.25) is 0 Å². The molecule has 0 aliphatic heterocycles. The first kappa shape index (κ1) is 10.6. The Labute approximate surface area is 112 Å². The summed E-state index contributed by atoms with van der Waals surface area (Å²) in [5.74, 6) is 0. The van der Waals surface area contributed by atoms with Crippen LogP contribution in [-0.4, -0.2) is 4.57 Å². The molecule has 0 amide bonds. The van der Waals surface area contributed by atoms with Crippen LogP contribution < -0.4 is 0 Å². The third-order valence-electron chi connectivity index (χ3n) is 4.17. The maximum absolute atomic E-state index is 2.32. The predicted molar refractivity (Wildman–Crippen MR) is 82.7 cm³/mol. The van der Waals surface area contributed by atoms with E-state index in [9.17, 15) is 0 Å². The highest BCUT2D eigenvalue weighted by atomic mass is 14.9. The summed E-state index contributed by atoms with van der Waals surface area (Å²) in [4.78, 5) is 0. The van der Waals surface area contributed by atoms with Gasteiger partial charge < -0.3 is 4.57 Å². The lowest BCUT2D eigenvalue weighted by molar-refractivity contribution is 1.01. The first-order valence-electron chi connectivity index (χ1n) is 6.63. The second kappa shape index (κ2) is 3.61. The molecule has 92 valence electrons. The average molecular weight is 245 g/mol. The molecule has 0 atom stereocenters. The van der Waals surface area contributed by atoms with Gasteiger partial charge in [0.05, 0.1) is 5.52 Å². The van der Waals surface area contributed by atoms with Crippen LogP contribution in [0, 0.1) is 6.92 Å². The standard InChI is InChI=1S/C18H15N/c1-12-14-8-4-3-7-13(14)11-16-15-9-5-6-10-17(15)19(2)18(12)16/h3-11H,1-2H3. The minimum absolute atomic E-state index is 1.30. The van der Waals surface area contributed by atoms with Gasteiger partial charge in [0.25, 0.3) is 0 Å². The SMILES string of the molecule is Cc1c2ccccc2cc2c3ccccc3n(C)c12. The lowest BCUT2D eigenvalue weighted by atomic mass is 10.0. The largest absolute Gasteiger partial charge is 0.343 e. The maximum atomic E-state index is 2.32. The topological polar surface area (TPSA) is 4.93 Å². The normalized spacial score (nSPS) is 11.7. The van der Waals surface area contributed by atoms with Crippen molar-refractivity contribution >= 4 is 32.6 Å². The molecule has 0 spiro atoms. The Morgan fingerprint density at radius 2 is 1.47 bits per heavy atom. The summed E-state index contributed by atoms with van der Waals surface area (Å²) in [6.07, 6.45) is 0. The molecule has 3 aromatic carbocycles. The summed E-state index contributed by atoms with van der Waals surface area (Å²) in [7, 11) is 2.16. The van der Waals surface area contributed by atoms with Crippen LogP contribution in [0.2, 0.25) is 0 Å². The van der Waals surface area contributed by atoms with Gasteiger partial charge in [-0.05, 0) is 35.4 Å². The second-order valence-corrected chi connectivity index (χ2v) is 5.20. The van der Waals surface area contributed by atoms with Crippen molar-refractivity contribution in [2.75, 3.05) is 0 Å². The Kier molecular flexibility index (Phi) is 2.02. The van der Waals surface area contributed by atoms with Gasteiger partial charge in [-0.2, -0.15) is 0 Å². The molecule has 0 aliphatic rings. The van der Waals surface area contributed by atoms with Gasteiger partial charge in [0.2, 0.25) is 0 Å². The van der Waals surface area contributed by atoms with Crippen LogP contribution in [-0.2, 0) is 7.05 Å². The van der Waals surface area contributed by atoms with Crippen LogP contribution in [0.15, 0.2) is 54.6 Å². The molecule has 1 aromatic heterocycles. The molecule has 19 heavy (non-hydrogen) atoms. The van der Waals surface area contributed by atoms with Crippen LogP contribution in [0.5, 0.6) is 0 Å². The van der Waals surface area contributed by atoms with E-state index in [0.717, 1.165) is 0 Å². The lowest BCUT2D eigenvalue weighted by Gasteiger charge is -2.06. The molecule has 4 aromatic rings. The Bertz CT molecular complexity index is 923. The van der Waals surface area contributed by atoms with Crippen LogP contribution in [0.1, 0.15) is 5.56 Å². The number of aromatic nitrogens is 1. The van der Waals surface area contributed by atoms with E-state index in [1.54, 1.807) is 0 Å². The van der Waals surface area contributed by atoms with Gasteiger partial charge in [-0.15, -0.1) is 0 Å². The van der Waals surface area contributed by atoms with Crippen molar-refractivity contribution in [1.82, 2.24) is 4.57 Å². The molecular formula is C18H15N. The average Bonchev–Trinajstić information content (AvgIpc) is 2.74. The van der Waals surface area contributed by atoms with Crippen molar-refractivity contribution < 1.29 is 0 Å². The Morgan fingerprint density at radius 1 is 0.789 bits per heavy atom. The molecule has 0 aliphatic carbocycles. The first-order chi connectivity index (χ1) is 9.27.